The molecular formula is C12H22O2. The van der Waals surface area contributed by atoms with E-state index in [9.17, 15) is 4.79 Å². The van der Waals surface area contributed by atoms with Crippen LogP contribution >= 0.6 is 0 Å². The molecule has 0 aromatic heterocycles. The van der Waals surface area contributed by atoms with Gasteiger partial charge in [0.15, 0.2) is 0 Å². The van der Waals surface area contributed by atoms with Crippen LogP contribution < -0.4 is 0 Å². The third-order valence-electron chi connectivity index (χ3n) is 3.35. The molecule has 0 radical (unpaired) electrons. The van der Waals surface area contributed by atoms with Crippen LogP contribution in [0.3, 0.4) is 0 Å². The van der Waals surface area contributed by atoms with Crippen LogP contribution in [-0.2, 0) is 9.53 Å². The highest BCUT2D eigenvalue weighted by Gasteiger charge is 2.28. The van der Waals surface area contributed by atoms with Crippen molar-refractivity contribution in [2.75, 3.05) is 0 Å². The van der Waals surface area contributed by atoms with Crippen LogP contribution in [-0.4, -0.2) is 12.1 Å². The molecule has 0 heterocycles. The van der Waals surface area contributed by atoms with Gasteiger partial charge in [0.05, 0.1) is 0 Å². The van der Waals surface area contributed by atoms with E-state index in [-0.39, 0.29) is 12.1 Å². The predicted octanol–water partition coefficient (Wildman–Crippen LogP) is 3.15. The third kappa shape index (κ3) is 3.00. The molecule has 2 nitrogen and oxygen atoms in total. The predicted molar refractivity (Wildman–Crippen MR) is 57.0 cm³/mol. The summed E-state index contributed by atoms with van der Waals surface area (Å²) in [5.41, 5.74) is 0. The van der Waals surface area contributed by atoms with Crippen LogP contribution in [0.25, 0.3) is 0 Å². The molecule has 1 saturated carbocycles. The lowest BCUT2D eigenvalue weighted by molar-refractivity contribution is -0.153. The lowest BCUT2D eigenvalue weighted by atomic mass is 9.79. The van der Waals surface area contributed by atoms with Gasteiger partial charge in [-0.3, -0.25) is 4.79 Å². The van der Waals surface area contributed by atoms with E-state index in [0.717, 1.165) is 12.3 Å². The van der Waals surface area contributed by atoms with E-state index in [1.54, 1.807) is 0 Å². The molecule has 3 unspecified atom stereocenters. The monoisotopic (exact) mass is 198 g/mol. The molecule has 14 heavy (non-hydrogen) atoms. The van der Waals surface area contributed by atoms with E-state index in [2.05, 4.69) is 13.8 Å². The SMILES string of the molecule is CCC(=O)OC1CCC(CC)CC1C. The van der Waals surface area contributed by atoms with Gasteiger partial charge in [-0.25, -0.2) is 0 Å². The van der Waals surface area contributed by atoms with Crippen molar-refractivity contribution < 1.29 is 9.53 Å². The van der Waals surface area contributed by atoms with E-state index in [4.69, 9.17) is 4.74 Å². The van der Waals surface area contributed by atoms with Crippen LogP contribution in [0.1, 0.15) is 52.9 Å². The maximum absolute atomic E-state index is 11.2. The lowest BCUT2D eigenvalue weighted by Crippen LogP contribution is -2.31. The second-order valence-corrected chi connectivity index (χ2v) is 4.45. The molecule has 0 amide bonds. The van der Waals surface area contributed by atoms with Gasteiger partial charge in [-0.1, -0.05) is 27.2 Å². The Morgan fingerprint density at radius 3 is 2.57 bits per heavy atom. The molecule has 3 atom stereocenters. The largest absolute Gasteiger partial charge is 0.462 e. The third-order valence-corrected chi connectivity index (χ3v) is 3.35. The Balaban J connectivity index is 2.38. The molecule has 1 aliphatic carbocycles. The first-order chi connectivity index (χ1) is 6.67. The van der Waals surface area contributed by atoms with Gasteiger partial charge in [0.25, 0.3) is 0 Å². The lowest BCUT2D eigenvalue weighted by Gasteiger charge is -2.33. The fraction of sp³-hybridized carbons (Fsp3) is 0.917. The molecule has 0 aromatic rings. The molecule has 0 N–H and O–H groups in total. The molecule has 0 bridgehead atoms. The maximum Gasteiger partial charge on any atom is 0.305 e. The molecule has 0 aliphatic heterocycles. The number of hydrogen-bond donors (Lipinski definition) is 0. The van der Waals surface area contributed by atoms with Gasteiger partial charge in [0, 0.05) is 6.42 Å². The Labute approximate surface area is 87.0 Å². The molecule has 0 aromatic carbocycles. The van der Waals surface area contributed by atoms with Gasteiger partial charge in [-0.15, -0.1) is 0 Å². The topological polar surface area (TPSA) is 26.3 Å². The van der Waals surface area contributed by atoms with Crippen molar-refractivity contribution in [3.63, 3.8) is 0 Å². The van der Waals surface area contributed by atoms with Crippen LogP contribution in [0.4, 0.5) is 0 Å². The quantitative estimate of drug-likeness (QED) is 0.651. The summed E-state index contributed by atoms with van der Waals surface area (Å²) in [6.07, 6.45) is 5.45. The summed E-state index contributed by atoms with van der Waals surface area (Å²) in [6.45, 7) is 6.30. The smallest absolute Gasteiger partial charge is 0.305 e. The first-order valence-electron chi connectivity index (χ1n) is 5.86. The average molecular weight is 198 g/mol. The summed E-state index contributed by atoms with van der Waals surface area (Å²) in [7, 11) is 0. The molecule has 2 heteroatoms. The van der Waals surface area contributed by atoms with E-state index in [1.165, 1.54) is 19.3 Å². The van der Waals surface area contributed by atoms with Gasteiger partial charge >= 0.3 is 5.97 Å². The van der Waals surface area contributed by atoms with E-state index >= 15 is 0 Å². The summed E-state index contributed by atoms with van der Waals surface area (Å²) < 4.78 is 5.41. The van der Waals surface area contributed by atoms with Crippen molar-refractivity contribution in [3.8, 4) is 0 Å². The number of hydrogen-bond acceptors (Lipinski definition) is 2. The summed E-state index contributed by atoms with van der Waals surface area (Å²) in [6, 6.07) is 0. The minimum Gasteiger partial charge on any atom is -0.462 e. The minimum atomic E-state index is -0.0446. The second kappa shape index (κ2) is 5.38. The van der Waals surface area contributed by atoms with Crippen molar-refractivity contribution in [3.05, 3.63) is 0 Å². The zero-order chi connectivity index (χ0) is 10.6. The fourth-order valence-electron chi connectivity index (χ4n) is 2.28. The highest BCUT2D eigenvalue weighted by molar-refractivity contribution is 5.69. The molecule has 0 saturated heterocycles. The second-order valence-electron chi connectivity index (χ2n) is 4.45. The molecule has 1 rings (SSSR count). The Kier molecular flexibility index (Phi) is 4.43. The number of carbonyl (C=O) groups is 1. The van der Waals surface area contributed by atoms with E-state index < -0.39 is 0 Å². The number of carbonyl (C=O) groups excluding carboxylic acids is 1. The standard InChI is InChI=1S/C12H22O2/c1-4-10-6-7-11(9(3)8-10)14-12(13)5-2/h9-11H,4-8H2,1-3H3. The summed E-state index contributed by atoms with van der Waals surface area (Å²) in [5, 5.41) is 0. The Bertz CT molecular complexity index is 189. The van der Waals surface area contributed by atoms with Gasteiger partial charge in [0.2, 0.25) is 0 Å². The molecular weight excluding hydrogens is 176 g/mol. The molecule has 0 spiro atoms. The van der Waals surface area contributed by atoms with Crippen LogP contribution in [0.15, 0.2) is 0 Å². The van der Waals surface area contributed by atoms with E-state index in [0.29, 0.717) is 12.3 Å². The molecule has 1 aliphatic rings. The maximum atomic E-state index is 11.2. The van der Waals surface area contributed by atoms with Crippen molar-refractivity contribution in [1.29, 1.82) is 0 Å². The summed E-state index contributed by atoms with van der Waals surface area (Å²) in [4.78, 5) is 11.2. The van der Waals surface area contributed by atoms with Crippen molar-refractivity contribution in [2.45, 2.75) is 59.0 Å². The molecule has 1 fully saturated rings. The average Bonchev–Trinajstić information content (AvgIpc) is 2.20. The van der Waals surface area contributed by atoms with Crippen molar-refractivity contribution in [1.82, 2.24) is 0 Å². The van der Waals surface area contributed by atoms with Crippen LogP contribution in [0.5, 0.6) is 0 Å². The number of rotatable bonds is 3. The van der Waals surface area contributed by atoms with Gasteiger partial charge in [-0.05, 0) is 31.1 Å². The molecule has 82 valence electrons. The Hall–Kier alpha value is -0.530. The Morgan fingerprint density at radius 2 is 2.07 bits per heavy atom. The first kappa shape index (κ1) is 11.5. The van der Waals surface area contributed by atoms with Gasteiger partial charge in [-0.2, -0.15) is 0 Å². The normalized spacial score (nSPS) is 32.6. The summed E-state index contributed by atoms with van der Waals surface area (Å²) in [5.74, 6) is 1.35. The number of ether oxygens (including phenoxy) is 1. The van der Waals surface area contributed by atoms with Gasteiger partial charge in [0.1, 0.15) is 6.10 Å². The van der Waals surface area contributed by atoms with Crippen LogP contribution in [0.2, 0.25) is 0 Å². The highest BCUT2D eigenvalue weighted by atomic mass is 16.5. The summed E-state index contributed by atoms with van der Waals surface area (Å²) >= 11 is 0. The Morgan fingerprint density at radius 1 is 1.36 bits per heavy atom. The highest BCUT2D eigenvalue weighted by Crippen LogP contribution is 2.32. The zero-order valence-corrected chi connectivity index (χ0v) is 9.58. The van der Waals surface area contributed by atoms with Crippen molar-refractivity contribution >= 4 is 5.97 Å². The van der Waals surface area contributed by atoms with Crippen LogP contribution in [0, 0.1) is 11.8 Å². The van der Waals surface area contributed by atoms with Gasteiger partial charge < -0.3 is 4.74 Å². The number of esters is 1. The fourth-order valence-corrected chi connectivity index (χ4v) is 2.28. The van der Waals surface area contributed by atoms with E-state index in [1.807, 2.05) is 6.92 Å². The first-order valence-corrected chi connectivity index (χ1v) is 5.86. The zero-order valence-electron chi connectivity index (χ0n) is 9.58. The minimum absolute atomic E-state index is 0.0446. The van der Waals surface area contributed by atoms with Crippen molar-refractivity contribution in [2.24, 2.45) is 11.8 Å².